The second-order valence-electron chi connectivity index (χ2n) is 5.01. The van der Waals surface area contributed by atoms with Gasteiger partial charge < -0.3 is 11.5 Å². The summed E-state index contributed by atoms with van der Waals surface area (Å²) < 4.78 is 0. The van der Waals surface area contributed by atoms with E-state index in [1.54, 1.807) is 24.6 Å². The van der Waals surface area contributed by atoms with E-state index in [1.165, 1.54) is 0 Å². The van der Waals surface area contributed by atoms with Gasteiger partial charge in [0.1, 0.15) is 6.04 Å². The zero-order valence-electron chi connectivity index (χ0n) is 12.7. The molecule has 0 saturated heterocycles. The van der Waals surface area contributed by atoms with E-state index in [1.807, 2.05) is 26.1 Å². The normalized spacial score (nSPS) is 18.9. The summed E-state index contributed by atoms with van der Waals surface area (Å²) in [5.74, 6) is -0.550. The first-order chi connectivity index (χ1) is 10.5. The first-order valence-electron chi connectivity index (χ1n) is 6.94. The molecule has 0 fully saturated rings. The minimum Gasteiger partial charge on any atom is -0.368 e. The minimum absolute atomic E-state index is 0.0642. The maximum absolute atomic E-state index is 11.3. The summed E-state index contributed by atoms with van der Waals surface area (Å²) in [6.45, 7) is 4.09. The van der Waals surface area contributed by atoms with Gasteiger partial charge in [-0.3, -0.25) is 19.8 Å². The Balaban J connectivity index is 2.43. The van der Waals surface area contributed by atoms with E-state index in [-0.39, 0.29) is 6.54 Å². The van der Waals surface area contributed by atoms with Crippen molar-refractivity contribution in [2.24, 2.45) is 21.5 Å². The van der Waals surface area contributed by atoms with Gasteiger partial charge in [-0.05, 0) is 48.8 Å². The fraction of sp³-hybridized carbons (Fsp3) is 0.250. The van der Waals surface area contributed by atoms with Crippen molar-refractivity contribution in [1.82, 2.24) is 4.98 Å². The highest BCUT2D eigenvalue weighted by Crippen LogP contribution is 2.18. The Kier molecular flexibility index (Phi) is 4.95. The number of dihydropyridines is 1. The van der Waals surface area contributed by atoms with E-state index < -0.39 is 11.9 Å². The van der Waals surface area contributed by atoms with Crippen LogP contribution in [0.4, 0.5) is 0 Å². The molecule has 2 rings (SSSR count). The summed E-state index contributed by atoms with van der Waals surface area (Å²) in [5.41, 5.74) is 15.2. The van der Waals surface area contributed by atoms with Gasteiger partial charge in [-0.2, -0.15) is 0 Å². The number of nitrogens with two attached hydrogens (primary N) is 2. The fourth-order valence-electron chi connectivity index (χ4n) is 1.97. The number of amides is 1. The molecule has 0 aliphatic carbocycles. The van der Waals surface area contributed by atoms with Crippen molar-refractivity contribution in [3.63, 3.8) is 0 Å². The number of allylic oxidation sites excluding steroid dienone is 2. The van der Waals surface area contributed by atoms with Gasteiger partial charge in [0.25, 0.3) is 0 Å². The van der Waals surface area contributed by atoms with E-state index in [4.69, 9.17) is 11.5 Å². The molecule has 1 atom stereocenters. The summed E-state index contributed by atoms with van der Waals surface area (Å²) in [6, 6.07) is -0.756. The molecule has 114 valence electrons. The lowest BCUT2D eigenvalue weighted by Gasteiger charge is -2.11. The Labute approximate surface area is 129 Å². The SMILES string of the molecule is Cc1cncc(/C=C2\N=CC=CC2=NC(CN)C(N)=O)c1C. The smallest absolute Gasteiger partial charge is 0.243 e. The predicted octanol–water partition coefficient (Wildman–Crippen LogP) is 0.934. The van der Waals surface area contributed by atoms with Gasteiger partial charge in [0.2, 0.25) is 5.91 Å². The third-order valence-electron chi connectivity index (χ3n) is 3.46. The molecule has 6 nitrogen and oxygen atoms in total. The largest absolute Gasteiger partial charge is 0.368 e. The molecule has 1 aliphatic rings. The van der Waals surface area contributed by atoms with Gasteiger partial charge in [0.05, 0.1) is 11.4 Å². The van der Waals surface area contributed by atoms with Crippen LogP contribution in [0.25, 0.3) is 6.08 Å². The molecular formula is C16H19N5O. The second-order valence-corrected chi connectivity index (χ2v) is 5.01. The van der Waals surface area contributed by atoms with Crippen LogP contribution in [0.3, 0.4) is 0 Å². The van der Waals surface area contributed by atoms with Gasteiger partial charge in [0, 0.05) is 25.2 Å². The van der Waals surface area contributed by atoms with Gasteiger partial charge in [0.15, 0.2) is 0 Å². The highest BCUT2D eigenvalue weighted by molar-refractivity contribution is 6.15. The van der Waals surface area contributed by atoms with Gasteiger partial charge in [-0.15, -0.1) is 0 Å². The first kappa shape index (κ1) is 15.8. The molecule has 4 N–H and O–H groups in total. The van der Waals surface area contributed by atoms with E-state index in [2.05, 4.69) is 15.0 Å². The van der Waals surface area contributed by atoms with Crippen LogP contribution in [0.15, 0.2) is 40.2 Å². The van der Waals surface area contributed by atoms with E-state index in [9.17, 15) is 4.79 Å². The number of primary amides is 1. The number of carbonyl (C=O) groups excluding carboxylic acids is 1. The molecule has 0 radical (unpaired) electrons. The number of rotatable bonds is 4. The Morgan fingerprint density at radius 1 is 1.41 bits per heavy atom. The molecule has 2 heterocycles. The lowest BCUT2D eigenvalue weighted by atomic mass is 10.0. The molecule has 1 aromatic rings. The molecule has 6 heteroatoms. The third-order valence-corrected chi connectivity index (χ3v) is 3.46. The standard InChI is InChI=1S/C16H19N5O/c1-10-8-19-9-12(11(10)2)6-14-13(4-3-5-20-14)21-15(7-17)16(18)22/h3-6,8-9,15H,7,17H2,1-2H3,(H2,18,22)/b14-6-,21-13?. The highest BCUT2D eigenvalue weighted by atomic mass is 16.1. The van der Waals surface area contributed by atoms with E-state index in [0.717, 1.165) is 16.7 Å². The van der Waals surface area contributed by atoms with Crippen molar-refractivity contribution < 1.29 is 4.79 Å². The van der Waals surface area contributed by atoms with Crippen molar-refractivity contribution in [2.45, 2.75) is 19.9 Å². The Bertz CT molecular complexity index is 700. The van der Waals surface area contributed by atoms with Crippen molar-refractivity contribution in [3.05, 3.63) is 46.9 Å². The Morgan fingerprint density at radius 3 is 2.86 bits per heavy atom. The summed E-state index contributed by atoms with van der Waals surface area (Å²) in [4.78, 5) is 24.1. The molecule has 0 saturated carbocycles. The van der Waals surface area contributed by atoms with Gasteiger partial charge in [-0.1, -0.05) is 0 Å². The van der Waals surface area contributed by atoms with Crippen LogP contribution >= 0.6 is 0 Å². The van der Waals surface area contributed by atoms with Crippen molar-refractivity contribution in [3.8, 4) is 0 Å². The van der Waals surface area contributed by atoms with Crippen LogP contribution in [-0.2, 0) is 4.79 Å². The number of aromatic nitrogens is 1. The molecule has 0 aromatic carbocycles. The Hall–Kier alpha value is -2.60. The number of aryl methyl sites for hydroxylation is 1. The summed E-state index contributed by atoms with van der Waals surface area (Å²) in [7, 11) is 0. The van der Waals surface area contributed by atoms with Gasteiger partial charge in [-0.25, -0.2) is 0 Å². The number of aliphatic imine (C=N–C) groups is 2. The van der Waals surface area contributed by atoms with Crippen LogP contribution < -0.4 is 11.5 Å². The summed E-state index contributed by atoms with van der Waals surface area (Å²) in [5, 5.41) is 0. The first-order valence-corrected chi connectivity index (χ1v) is 6.94. The molecule has 1 unspecified atom stereocenters. The molecule has 0 spiro atoms. The molecule has 0 bridgehead atoms. The van der Waals surface area contributed by atoms with Crippen LogP contribution in [0.1, 0.15) is 16.7 Å². The van der Waals surface area contributed by atoms with E-state index in [0.29, 0.717) is 11.4 Å². The topological polar surface area (TPSA) is 107 Å². The zero-order valence-corrected chi connectivity index (χ0v) is 12.7. The molecule has 1 aliphatic heterocycles. The number of pyridine rings is 1. The van der Waals surface area contributed by atoms with Crippen LogP contribution in [-0.4, -0.2) is 35.4 Å². The molecule has 22 heavy (non-hydrogen) atoms. The zero-order chi connectivity index (χ0) is 16.1. The Morgan fingerprint density at radius 2 is 2.18 bits per heavy atom. The summed E-state index contributed by atoms with van der Waals surface area (Å²) >= 11 is 0. The quantitative estimate of drug-likeness (QED) is 0.863. The molecular weight excluding hydrogens is 278 g/mol. The third kappa shape index (κ3) is 3.53. The van der Waals surface area contributed by atoms with Crippen LogP contribution in [0.5, 0.6) is 0 Å². The number of hydrogen-bond acceptors (Lipinski definition) is 5. The monoisotopic (exact) mass is 297 g/mol. The van der Waals surface area contributed by atoms with Crippen molar-refractivity contribution in [1.29, 1.82) is 0 Å². The average molecular weight is 297 g/mol. The number of nitrogens with zero attached hydrogens (tertiary/aromatic N) is 3. The van der Waals surface area contributed by atoms with Crippen molar-refractivity contribution in [2.75, 3.05) is 6.54 Å². The highest BCUT2D eigenvalue weighted by Gasteiger charge is 2.15. The number of hydrogen-bond donors (Lipinski definition) is 2. The molecule has 1 amide bonds. The predicted molar refractivity (Wildman–Crippen MR) is 88.8 cm³/mol. The van der Waals surface area contributed by atoms with Crippen LogP contribution in [0, 0.1) is 13.8 Å². The minimum atomic E-state index is -0.756. The fourth-order valence-corrected chi connectivity index (χ4v) is 1.97. The maximum Gasteiger partial charge on any atom is 0.243 e. The summed E-state index contributed by atoms with van der Waals surface area (Å²) in [6.07, 6.45) is 10.7. The second kappa shape index (κ2) is 6.91. The lowest BCUT2D eigenvalue weighted by Crippen LogP contribution is -2.34. The van der Waals surface area contributed by atoms with E-state index >= 15 is 0 Å². The lowest BCUT2D eigenvalue weighted by molar-refractivity contribution is -0.118. The van der Waals surface area contributed by atoms with Crippen LogP contribution in [0.2, 0.25) is 0 Å². The number of carbonyl (C=O) groups is 1. The average Bonchev–Trinajstić information content (AvgIpc) is 2.50. The van der Waals surface area contributed by atoms with Crippen molar-refractivity contribution >= 4 is 23.9 Å². The van der Waals surface area contributed by atoms with Gasteiger partial charge >= 0.3 is 0 Å². The molecule has 1 aromatic heterocycles. The maximum atomic E-state index is 11.3.